The van der Waals surface area contributed by atoms with Crippen molar-refractivity contribution in [3.63, 3.8) is 0 Å². The van der Waals surface area contributed by atoms with Crippen LogP contribution in [0, 0.1) is 5.92 Å². The molecule has 0 aliphatic carbocycles. The maximum Gasteiger partial charge on any atom is 0.303 e. The second-order valence-corrected chi connectivity index (χ2v) is 3.61. The third-order valence-electron chi connectivity index (χ3n) is 2.59. The van der Waals surface area contributed by atoms with Crippen LogP contribution >= 0.6 is 0 Å². The summed E-state index contributed by atoms with van der Waals surface area (Å²) in [6.07, 6.45) is 2.20. The van der Waals surface area contributed by atoms with Crippen molar-refractivity contribution >= 4 is 5.97 Å². The van der Waals surface area contributed by atoms with E-state index in [-0.39, 0.29) is 6.61 Å². The molecule has 76 valence electrons. The summed E-state index contributed by atoms with van der Waals surface area (Å²) >= 11 is 0. The number of hydrogen-bond acceptors (Lipinski definition) is 3. The van der Waals surface area contributed by atoms with Gasteiger partial charge in [0.15, 0.2) is 0 Å². The largest absolute Gasteiger partial charge is 0.481 e. The van der Waals surface area contributed by atoms with Crippen LogP contribution in [0.5, 0.6) is 0 Å². The third-order valence-corrected chi connectivity index (χ3v) is 2.59. The van der Waals surface area contributed by atoms with Crippen LogP contribution in [-0.2, 0) is 4.79 Å². The normalized spacial score (nSPS) is 20.4. The minimum atomic E-state index is -0.694. The summed E-state index contributed by atoms with van der Waals surface area (Å²) in [6, 6.07) is 0. The number of rotatable bonds is 4. The highest BCUT2D eigenvalue weighted by Crippen LogP contribution is 2.19. The van der Waals surface area contributed by atoms with E-state index in [9.17, 15) is 4.79 Å². The van der Waals surface area contributed by atoms with Crippen molar-refractivity contribution in [2.45, 2.75) is 19.3 Å². The molecule has 2 N–H and O–H groups in total. The fourth-order valence-corrected chi connectivity index (χ4v) is 1.80. The molecule has 1 saturated heterocycles. The predicted molar refractivity (Wildman–Crippen MR) is 48.5 cm³/mol. The molecule has 0 atom stereocenters. The van der Waals surface area contributed by atoms with Crippen molar-refractivity contribution in [2.24, 2.45) is 5.92 Å². The van der Waals surface area contributed by atoms with Crippen molar-refractivity contribution in [3.8, 4) is 0 Å². The molecule has 1 rings (SSSR count). The second-order valence-electron chi connectivity index (χ2n) is 3.61. The zero-order chi connectivity index (χ0) is 9.68. The van der Waals surface area contributed by atoms with Crippen LogP contribution in [0.15, 0.2) is 0 Å². The van der Waals surface area contributed by atoms with Crippen molar-refractivity contribution in [2.75, 3.05) is 26.2 Å². The SMILES string of the molecule is O=C(O)CC1CCN(CCO)CC1. The summed E-state index contributed by atoms with van der Waals surface area (Å²) in [6.45, 7) is 2.78. The average Bonchev–Trinajstić information content (AvgIpc) is 2.08. The van der Waals surface area contributed by atoms with Crippen molar-refractivity contribution in [1.29, 1.82) is 0 Å². The highest BCUT2D eigenvalue weighted by Gasteiger charge is 2.20. The molecule has 1 aliphatic rings. The summed E-state index contributed by atoms with van der Waals surface area (Å²) in [5, 5.41) is 17.3. The Kier molecular flexibility index (Phi) is 4.18. The van der Waals surface area contributed by atoms with Gasteiger partial charge in [-0.25, -0.2) is 0 Å². The highest BCUT2D eigenvalue weighted by atomic mass is 16.4. The van der Waals surface area contributed by atoms with E-state index in [2.05, 4.69) is 4.90 Å². The van der Waals surface area contributed by atoms with Crippen LogP contribution in [0.3, 0.4) is 0 Å². The number of β-amino-alcohol motifs (C(OH)–C–C–N with tert-alkyl or cyclic N) is 1. The van der Waals surface area contributed by atoms with Gasteiger partial charge in [-0.15, -0.1) is 0 Å². The Labute approximate surface area is 78.2 Å². The van der Waals surface area contributed by atoms with E-state index in [1.807, 2.05) is 0 Å². The lowest BCUT2D eigenvalue weighted by Crippen LogP contribution is -2.36. The number of likely N-dealkylation sites (tertiary alicyclic amines) is 1. The molecular formula is C9H17NO3. The summed E-state index contributed by atoms with van der Waals surface area (Å²) in [5.74, 6) is -0.354. The lowest BCUT2D eigenvalue weighted by Gasteiger charge is -2.30. The third kappa shape index (κ3) is 3.74. The molecule has 0 radical (unpaired) electrons. The van der Waals surface area contributed by atoms with Gasteiger partial charge >= 0.3 is 5.97 Å². The smallest absolute Gasteiger partial charge is 0.303 e. The molecule has 0 aromatic rings. The number of piperidine rings is 1. The Balaban J connectivity index is 2.18. The molecule has 0 aromatic heterocycles. The predicted octanol–water partition coefficient (Wildman–Crippen LogP) is 0.165. The number of aliphatic hydroxyl groups is 1. The Morgan fingerprint density at radius 1 is 1.38 bits per heavy atom. The van der Waals surface area contributed by atoms with Gasteiger partial charge in [-0.2, -0.15) is 0 Å². The van der Waals surface area contributed by atoms with E-state index in [0.29, 0.717) is 12.3 Å². The Hall–Kier alpha value is -0.610. The summed E-state index contributed by atoms with van der Waals surface area (Å²) in [5.41, 5.74) is 0. The fourth-order valence-electron chi connectivity index (χ4n) is 1.80. The van der Waals surface area contributed by atoms with Crippen LogP contribution in [-0.4, -0.2) is 47.3 Å². The van der Waals surface area contributed by atoms with Gasteiger partial charge in [0.25, 0.3) is 0 Å². The first kappa shape index (κ1) is 10.5. The van der Waals surface area contributed by atoms with Gasteiger partial charge in [-0.05, 0) is 31.8 Å². The van der Waals surface area contributed by atoms with E-state index in [1.165, 1.54) is 0 Å². The molecule has 0 aromatic carbocycles. The molecule has 1 aliphatic heterocycles. The number of hydrogen-bond donors (Lipinski definition) is 2. The summed E-state index contributed by atoms with van der Waals surface area (Å²) in [7, 11) is 0. The second kappa shape index (κ2) is 5.19. The molecule has 1 fully saturated rings. The first-order valence-electron chi connectivity index (χ1n) is 4.77. The van der Waals surface area contributed by atoms with Gasteiger partial charge in [-0.3, -0.25) is 4.79 Å². The molecule has 0 spiro atoms. The van der Waals surface area contributed by atoms with Gasteiger partial charge in [0.2, 0.25) is 0 Å². The maximum absolute atomic E-state index is 10.4. The summed E-state index contributed by atoms with van der Waals surface area (Å²) in [4.78, 5) is 12.6. The Bertz CT molecular complexity index is 164. The minimum Gasteiger partial charge on any atom is -0.481 e. The quantitative estimate of drug-likeness (QED) is 0.658. The van der Waals surface area contributed by atoms with Crippen LogP contribution in [0.4, 0.5) is 0 Å². The summed E-state index contributed by atoms with van der Waals surface area (Å²) < 4.78 is 0. The van der Waals surface area contributed by atoms with Crippen molar-refractivity contribution < 1.29 is 15.0 Å². The van der Waals surface area contributed by atoms with Gasteiger partial charge in [-0.1, -0.05) is 0 Å². The first-order chi connectivity index (χ1) is 6.22. The minimum absolute atomic E-state index is 0.198. The lowest BCUT2D eigenvalue weighted by molar-refractivity contribution is -0.138. The van der Waals surface area contributed by atoms with Gasteiger partial charge < -0.3 is 15.1 Å². The van der Waals surface area contributed by atoms with Crippen LogP contribution in [0.25, 0.3) is 0 Å². The lowest BCUT2D eigenvalue weighted by atomic mass is 9.94. The van der Waals surface area contributed by atoms with E-state index >= 15 is 0 Å². The number of aliphatic carboxylic acids is 1. The van der Waals surface area contributed by atoms with E-state index < -0.39 is 5.97 Å². The van der Waals surface area contributed by atoms with Crippen LogP contribution in [0.1, 0.15) is 19.3 Å². The number of aliphatic hydroxyl groups excluding tert-OH is 1. The molecule has 4 heteroatoms. The van der Waals surface area contributed by atoms with Crippen LogP contribution < -0.4 is 0 Å². The van der Waals surface area contributed by atoms with Crippen molar-refractivity contribution in [3.05, 3.63) is 0 Å². The van der Waals surface area contributed by atoms with Gasteiger partial charge in [0.05, 0.1) is 6.61 Å². The molecule has 0 bridgehead atoms. The van der Waals surface area contributed by atoms with Gasteiger partial charge in [0, 0.05) is 13.0 Å². The van der Waals surface area contributed by atoms with E-state index in [0.717, 1.165) is 32.5 Å². The zero-order valence-corrected chi connectivity index (χ0v) is 7.78. The van der Waals surface area contributed by atoms with Crippen LogP contribution in [0.2, 0.25) is 0 Å². The topological polar surface area (TPSA) is 60.8 Å². The van der Waals surface area contributed by atoms with Crippen molar-refractivity contribution in [1.82, 2.24) is 4.90 Å². The molecule has 0 unspecified atom stereocenters. The number of carboxylic acids is 1. The standard InChI is InChI=1S/C9H17NO3/c11-6-5-10-3-1-8(2-4-10)7-9(12)13/h8,11H,1-7H2,(H,12,13). The number of carbonyl (C=O) groups is 1. The fraction of sp³-hybridized carbons (Fsp3) is 0.889. The Morgan fingerprint density at radius 2 is 2.00 bits per heavy atom. The molecule has 0 saturated carbocycles. The van der Waals surface area contributed by atoms with Gasteiger partial charge in [0.1, 0.15) is 0 Å². The molecule has 1 heterocycles. The molecular weight excluding hydrogens is 170 g/mol. The zero-order valence-electron chi connectivity index (χ0n) is 7.78. The monoisotopic (exact) mass is 187 g/mol. The number of nitrogens with zero attached hydrogens (tertiary/aromatic N) is 1. The molecule has 4 nitrogen and oxygen atoms in total. The first-order valence-corrected chi connectivity index (χ1v) is 4.77. The molecule has 0 amide bonds. The Morgan fingerprint density at radius 3 is 2.46 bits per heavy atom. The highest BCUT2D eigenvalue weighted by molar-refractivity contribution is 5.67. The average molecular weight is 187 g/mol. The van der Waals surface area contributed by atoms with E-state index in [1.54, 1.807) is 0 Å². The molecule has 13 heavy (non-hydrogen) atoms. The van der Waals surface area contributed by atoms with E-state index in [4.69, 9.17) is 10.2 Å². The maximum atomic E-state index is 10.4. The number of carboxylic acid groups (broad SMARTS) is 1.